The van der Waals surface area contributed by atoms with Crippen molar-refractivity contribution in [1.29, 1.82) is 0 Å². The van der Waals surface area contributed by atoms with Crippen LogP contribution in [0.4, 0.5) is 0 Å². The van der Waals surface area contributed by atoms with Gasteiger partial charge in [0.05, 0.1) is 11.4 Å². The van der Waals surface area contributed by atoms with E-state index in [0.29, 0.717) is 36.1 Å². The number of nitrogens with one attached hydrogen (secondary N) is 1. The predicted molar refractivity (Wildman–Crippen MR) is 90.0 cm³/mol. The van der Waals surface area contributed by atoms with Gasteiger partial charge in [0.25, 0.3) is 0 Å². The van der Waals surface area contributed by atoms with Gasteiger partial charge in [-0.1, -0.05) is 13.8 Å². The van der Waals surface area contributed by atoms with E-state index in [1.165, 1.54) is 0 Å². The molecule has 6 nitrogen and oxygen atoms in total. The first-order chi connectivity index (χ1) is 9.84. The predicted octanol–water partition coefficient (Wildman–Crippen LogP) is 1.56. The number of rotatable bonds is 4. The van der Waals surface area contributed by atoms with Crippen molar-refractivity contribution in [3.05, 3.63) is 11.4 Å². The minimum absolute atomic E-state index is 0. The summed E-state index contributed by atoms with van der Waals surface area (Å²) in [5, 5.41) is 7.66. The second-order valence-electron chi connectivity index (χ2n) is 6.08. The van der Waals surface area contributed by atoms with Gasteiger partial charge in [0.2, 0.25) is 10.0 Å². The van der Waals surface area contributed by atoms with Crippen LogP contribution in [0.25, 0.3) is 0 Å². The Balaban J connectivity index is 0.00000242. The van der Waals surface area contributed by atoms with Crippen LogP contribution in [0.3, 0.4) is 0 Å². The Morgan fingerprint density at radius 1 is 1.23 bits per heavy atom. The molecule has 2 heterocycles. The molecule has 0 aromatic carbocycles. The lowest BCUT2D eigenvalue weighted by Gasteiger charge is -2.20. The molecule has 0 radical (unpaired) electrons. The van der Waals surface area contributed by atoms with Crippen LogP contribution in [0.5, 0.6) is 0 Å². The van der Waals surface area contributed by atoms with E-state index < -0.39 is 10.0 Å². The molecule has 0 amide bonds. The van der Waals surface area contributed by atoms with Crippen LogP contribution in [-0.2, 0) is 16.6 Å². The van der Waals surface area contributed by atoms with Gasteiger partial charge in [-0.2, -0.15) is 9.40 Å². The molecule has 22 heavy (non-hydrogen) atoms. The van der Waals surface area contributed by atoms with E-state index in [1.807, 2.05) is 11.6 Å². The summed E-state index contributed by atoms with van der Waals surface area (Å²) in [6.45, 7) is 11.3. The van der Waals surface area contributed by atoms with Gasteiger partial charge >= 0.3 is 0 Å². The summed E-state index contributed by atoms with van der Waals surface area (Å²) in [7, 11) is -3.45. The zero-order valence-electron chi connectivity index (χ0n) is 13.8. The Bertz CT molecular complexity index is 590. The molecule has 0 atom stereocenters. The fourth-order valence-corrected chi connectivity index (χ4v) is 4.62. The van der Waals surface area contributed by atoms with Crippen LogP contribution in [0.1, 0.15) is 31.7 Å². The van der Waals surface area contributed by atoms with Gasteiger partial charge < -0.3 is 5.32 Å². The maximum absolute atomic E-state index is 12.9. The van der Waals surface area contributed by atoms with Crippen molar-refractivity contribution in [2.24, 2.45) is 5.92 Å². The molecule has 2 rings (SSSR count). The molecule has 0 bridgehead atoms. The van der Waals surface area contributed by atoms with E-state index in [9.17, 15) is 8.42 Å². The Kier molecular flexibility index (Phi) is 6.85. The number of sulfonamides is 1. The van der Waals surface area contributed by atoms with Gasteiger partial charge in [-0.05, 0) is 32.7 Å². The number of aromatic nitrogens is 2. The second kappa shape index (κ2) is 7.77. The van der Waals surface area contributed by atoms with Crippen molar-refractivity contribution in [3.63, 3.8) is 0 Å². The molecule has 1 fully saturated rings. The molecule has 8 heteroatoms. The Morgan fingerprint density at radius 2 is 1.91 bits per heavy atom. The highest BCUT2D eigenvalue weighted by atomic mass is 35.5. The van der Waals surface area contributed by atoms with Gasteiger partial charge in [-0.15, -0.1) is 12.4 Å². The summed E-state index contributed by atoms with van der Waals surface area (Å²) in [6, 6.07) is 0. The molecule has 0 saturated carbocycles. The van der Waals surface area contributed by atoms with E-state index in [-0.39, 0.29) is 12.4 Å². The Labute approximate surface area is 139 Å². The second-order valence-corrected chi connectivity index (χ2v) is 7.96. The zero-order chi connectivity index (χ0) is 15.6. The number of hydrogen-bond acceptors (Lipinski definition) is 4. The van der Waals surface area contributed by atoms with Crippen molar-refractivity contribution >= 4 is 22.4 Å². The lowest BCUT2D eigenvalue weighted by atomic mass is 10.2. The fraction of sp³-hybridized carbons (Fsp3) is 0.786. The van der Waals surface area contributed by atoms with Crippen LogP contribution in [0.2, 0.25) is 0 Å². The molecular formula is C14H27ClN4O2S. The standard InChI is InChI=1S/C14H26N4O2S.ClH/c1-11(2)10-18-13(4)14(12(3)16-18)21(19,20)17-8-5-6-15-7-9-17;/h11,15H,5-10H2,1-4H3;1H. The van der Waals surface area contributed by atoms with Gasteiger partial charge in [0.15, 0.2) is 0 Å². The molecule has 0 unspecified atom stereocenters. The highest BCUT2D eigenvalue weighted by Gasteiger charge is 2.31. The first kappa shape index (κ1) is 19.4. The Morgan fingerprint density at radius 3 is 2.55 bits per heavy atom. The van der Waals surface area contributed by atoms with Crippen LogP contribution in [0, 0.1) is 19.8 Å². The Hall–Kier alpha value is -0.630. The molecular weight excluding hydrogens is 324 g/mol. The molecule has 1 saturated heterocycles. The number of nitrogens with zero attached hydrogens (tertiary/aromatic N) is 3. The normalized spacial score (nSPS) is 17.3. The molecule has 1 aliphatic heterocycles. The molecule has 128 valence electrons. The third-order valence-corrected chi connectivity index (χ3v) is 5.90. The minimum Gasteiger partial charge on any atom is -0.315 e. The van der Waals surface area contributed by atoms with Crippen molar-refractivity contribution in [2.45, 2.75) is 45.6 Å². The quantitative estimate of drug-likeness (QED) is 0.894. The smallest absolute Gasteiger partial charge is 0.246 e. The first-order valence-corrected chi connectivity index (χ1v) is 9.03. The summed E-state index contributed by atoms with van der Waals surface area (Å²) >= 11 is 0. The number of halogens is 1. The van der Waals surface area contributed by atoms with E-state index in [1.54, 1.807) is 11.2 Å². The zero-order valence-corrected chi connectivity index (χ0v) is 15.4. The average molecular weight is 351 g/mol. The van der Waals surface area contributed by atoms with Gasteiger partial charge in [0, 0.05) is 26.2 Å². The maximum Gasteiger partial charge on any atom is 0.246 e. The van der Waals surface area contributed by atoms with Crippen LogP contribution in [0.15, 0.2) is 4.90 Å². The lowest BCUT2D eigenvalue weighted by Crippen LogP contribution is -2.34. The van der Waals surface area contributed by atoms with Crippen molar-refractivity contribution < 1.29 is 8.42 Å². The van der Waals surface area contributed by atoms with Crippen LogP contribution < -0.4 is 5.32 Å². The highest BCUT2D eigenvalue weighted by molar-refractivity contribution is 7.89. The SMILES string of the molecule is Cc1nn(CC(C)C)c(C)c1S(=O)(=O)N1CCCNCC1.Cl. The largest absolute Gasteiger partial charge is 0.315 e. The topological polar surface area (TPSA) is 67.2 Å². The summed E-state index contributed by atoms with van der Waals surface area (Å²) in [5.74, 6) is 0.431. The van der Waals surface area contributed by atoms with Gasteiger partial charge in [-0.3, -0.25) is 4.68 Å². The van der Waals surface area contributed by atoms with E-state index in [2.05, 4.69) is 24.3 Å². The van der Waals surface area contributed by atoms with Crippen LogP contribution >= 0.6 is 12.4 Å². The molecule has 1 aromatic rings. The van der Waals surface area contributed by atoms with Crippen molar-refractivity contribution in [2.75, 3.05) is 26.2 Å². The number of aryl methyl sites for hydroxylation is 1. The molecule has 0 spiro atoms. The summed E-state index contributed by atoms with van der Waals surface area (Å²) in [4.78, 5) is 0.394. The van der Waals surface area contributed by atoms with Gasteiger partial charge in [-0.25, -0.2) is 8.42 Å². The van der Waals surface area contributed by atoms with Crippen LogP contribution in [-0.4, -0.2) is 48.7 Å². The molecule has 0 aliphatic carbocycles. The first-order valence-electron chi connectivity index (χ1n) is 7.59. The van der Waals surface area contributed by atoms with E-state index in [4.69, 9.17) is 0 Å². The number of hydrogen-bond donors (Lipinski definition) is 1. The van der Waals surface area contributed by atoms with Gasteiger partial charge in [0.1, 0.15) is 4.90 Å². The van der Waals surface area contributed by atoms with E-state index in [0.717, 1.165) is 25.2 Å². The summed E-state index contributed by atoms with van der Waals surface area (Å²) in [5.41, 5.74) is 1.35. The van der Waals surface area contributed by atoms with Crippen molar-refractivity contribution in [1.82, 2.24) is 19.4 Å². The third-order valence-electron chi connectivity index (χ3n) is 3.75. The third kappa shape index (κ3) is 4.01. The maximum atomic E-state index is 12.9. The average Bonchev–Trinajstić information content (AvgIpc) is 2.60. The molecule has 1 aliphatic rings. The summed E-state index contributed by atoms with van der Waals surface area (Å²) in [6.07, 6.45) is 0.845. The fourth-order valence-electron chi connectivity index (χ4n) is 2.77. The summed E-state index contributed by atoms with van der Waals surface area (Å²) < 4.78 is 29.3. The molecule has 1 N–H and O–H groups in total. The van der Waals surface area contributed by atoms with Crippen molar-refractivity contribution in [3.8, 4) is 0 Å². The van der Waals surface area contributed by atoms with E-state index >= 15 is 0 Å². The highest BCUT2D eigenvalue weighted by Crippen LogP contribution is 2.24. The molecule has 1 aromatic heterocycles. The lowest BCUT2D eigenvalue weighted by molar-refractivity contribution is 0.430. The monoisotopic (exact) mass is 350 g/mol. The minimum atomic E-state index is -3.45.